The summed E-state index contributed by atoms with van der Waals surface area (Å²) in [4.78, 5) is 14.7. The number of carbonyl (C=O) groups excluding carboxylic acids is 1. The van der Waals surface area contributed by atoms with Crippen LogP contribution in [0.1, 0.15) is 28.7 Å². The summed E-state index contributed by atoms with van der Waals surface area (Å²) < 4.78 is 5.85. The van der Waals surface area contributed by atoms with Gasteiger partial charge in [0, 0.05) is 26.2 Å². The summed E-state index contributed by atoms with van der Waals surface area (Å²) in [5.74, 6) is 0.0803. The number of rotatable bonds is 6. The van der Waals surface area contributed by atoms with Gasteiger partial charge in [0.25, 0.3) is 0 Å². The number of hydrogen-bond acceptors (Lipinski definition) is 3. The summed E-state index contributed by atoms with van der Waals surface area (Å²) in [6, 6.07) is 17.0. The van der Waals surface area contributed by atoms with Gasteiger partial charge in [0.05, 0.1) is 19.1 Å². The summed E-state index contributed by atoms with van der Waals surface area (Å²) in [5.41, 5.74) is 5.31. The summed E-state index contributed by atoms with van der Waals surface area (Å²) in [6.07, 6.45) is 4.08. The van der Waals surface area contributed by atoms with Gasteiger partial charge in [0.1, 0.15) is 0 Å². The van der Waals surface area contributed by atoms with E-state index < -0.39 is 0 Å². The predicted octanol–water partition coefficient (Wildman–Crippen LogP) is 2.74. The van der Waals surface area contributed by atoms with Crippen molar-refractivity contribution in [2.75, 3.05) is 26.2 Å². The molecule has 1 fully saturated rings. The zero-order chi connectivity index (χ0) is 18.5. The molecule has 142 valence electrons. The van der Waals surface area contributed by atoms with E-state index in [0.29, 0.717) is 13.0 Å². The first-order chi connectivity index (χ1) is 13.3. The zero-order valence-electron chi connectivity index (χ0n) is 15.8. The number of amides is 1. The SMILES string of the molecule is O=C(Cc1ccc2c(c1)CCC2)NCC1CN(Cc2ccccc2)CCO1. The van der Waals surface area contributed by atoms with Crippen LogP contribution >= 0.6 is 0 Å². The van der Waals surface area contributed by atoms with Crippen molar-refractivity contribution in [2.45, 2.75) is 38.3 Å². The van der Waals surface area contributed by atoms with Crippen LogP contribution in [0, 0.1) is 0 Å². The molecule has 1 heterocycles. The van der Waals surface area contributed by atoms with E-state index in [1.165, 1.54) is 29.5 Å². The first-order valence-corrected chi connectivity index (χ1v) is 10.0. The minimum Gasteiger partial charge on any atom is -0.374 e. The molecule has 1 saturated heterocycles. The molecule has 1 aliphatic carbocycles. The Kier molecular flexibility index (Phi) is 5.85. The molecule has 1 N–H and O–H groups in total. The first kappa shape index (κ1) is 18.2. The molecule has 0 radical (unpaired) electrons. The Bertz CT molecular complexity index is 775. The molecule has 4 nitrogen and oxygen atoms in total. The van der Waals surface area contributed by atoms with Crippen molar-refractivity contribution in [1.29, 1.82) is 0 Å². The van der Waals surface area contributed by atoms with E-state index in [1.54, 1.807) is 0 Å². The van der Waals surface area contributed by atoms with Gasteiger partial charge in [-0.05, 0) is 41.5 Å². The molecule has 4 rings (SSSR count). The molecule has 1 aliphatic heterocycles. The van der Waals surface area contributed by atoms with Gasteiger partial charge >= 0.3 is 0 Å². The smallest absolute Gasteiger partial charge is 0.224 e. The van der Waals surface area contributed by atoms with Crippen LogP contribution in [0.25, 0.3) is 0 Å². The number of hydrogen-bond donors (Lipinski definition) is 1. The maximum absolute atomic E-state index is 12.3. The monoisotopic (exact) mass is 364 g/mol. The Balaban J connectivity index is 1.23. The van der Waals surface area contributed by atoms with Gasteiger partial charge in [0.15, 0.2) is 0 Å². The van der Waals surface area contributed by atoms with E-state index in [1.807, 2.05) is 6.07 Å². The van der Waals surface area contributed by atoms with Crippen LogP contribution in [0.2, 0.25) is 0 Å². The summed E-state index contributed by atoms with van der Waals surface area (Å²) in [6.45, 7) is 4.03. The maximum atomic E-state index is 12.3. The van der Waals surface area contributed by atoms with Crippen molar-refractivity contribution in [3.63, 3.8) is 0 Å². The molecule has 0 aromatic heterocycles. The van der Waals surface area contributed by atoms with Gasteiger partial charge in [0.2, 0.25) is 5.91 Å². The van der Waals surface area contributed by atoms with Crippen molar-refractivity contribution < 1.29 is 9.53 Å². The van der Waals surface area contributed by atoms with Gasteiger partial charge in [-0.1, -0.05) is 48.5 Å². The Morgan fingerprint density at radius 3 is 2.81 bits per heavy atom. The fourth-order valence-electron chi connectivity index (χ4n) is 4.10. The van der Waals surface area contributed by atoms with E-state index >= 15 is 0 Å². The molecule has 4 heteroatoms. The zero-order valence-corrected chi connectivity index (χ0v) is 15.8. The van der Waals surface area contributed by atoms with Gasteiger partial charge in [-0.2, -0.15) is 0 Å². The first-order valence-electron chi connectivity index (χ1n) is 10.0. The second-order valence-corrected chi connectivity index (χ2v) is 7.65. The molecule has 1 unspecified atom stereocenters. The normalized spacial score (nSPS) is 19.6. The van der Waals surface area contributed by atoms with Crippen molar-refractivity contribution in [2.24, 2.45) is 0 Å². The molecule has 0 bridgehead atoms. The molecule has 0 spiro atoms. The van der Waals surface area contributed by atoms with Crippen LogP contribution in [0.5, 0.6) is 0 Å². The molecule has 2 aliphatic rings. The standard InChI is InChI=1S/C23H28N2O2/c26-23(14-19-9-10-20-7-4-8-21(20)13-19)24-15-22-17-25(11-12-27-22)16-18-5-2-1-3-6-18/h1-3,5-6,9-10,13,22H,4,7-8,11-12,14-17H2,(H,24,26). The molecule has 1 atom stereocenters. The molecule has 2 aromatic carbocycles. The van der Waals surface area contributed by atoms with E-state index in [2.05, 4.69) is 52.7 Å². The predicted molar refractivity (Wildman–Crippen MR) is 107 cm³/mol. The fourth-order valence-corrected chi connectivity index (χ4v) is 4.10. The van der Waals surface area contributed by atoms with Crippen LogP contribution < -0.4 is 5.32 Å². The van der Waals surface area contributed by atoms with E-state index in [4.69, 9.17) is 4.74 Å². The van der Waals surface area contributed by atoms with E-state index in [9.17, 15) is 4.79 Å². The summed E-state index contributed by atoms with van der Waals surface area (Å²) >= 11 is 0. The molecule has 0 saturated carbocycles. The Morgan fingerprint density at radius 1 is 1.07 bits per heavy atom. The number of aryl methyl sites for hydroxylation is 2. The van der Waals surface area contributed by atoms with Gasteiger partial charge in [-0.3, -0.25) is 9.69 Å². The topological polar surface area (TPSA) is 41.6 Å². The fraction of sp³-hybridized carbons (Fsp3) is 0.435. The third-order valence-electron chi connectivity index (χ3n) is 5.53. The van der Waals surface area contributed by atoms with Gasteiger partial charge < -0.3 is 10.1 Å². The van der Waals surface area contributed by atoms with Crippen molar-refractivity contribution >= 4 is 5.91 Å². The van der Waals surface area contributed by atoms with Crippen LogP contribution in [-0.2, 0) is 35.3 Å². The molecule has 2 aromatic rings. The van der Waals surface area contributed by atoms with Gasteiger partial charge in [-0.25, -0.2) is 0 Å². The number of benzene rings is 2. The number of carbonyl (C=O) groups is 1. The lowest BCUT2D eigenvalue weighted by atomic mass is 10.0. The average molecular weight is 364 g/mol. The number of fused-ring (bicyclic) bond motifs is 1. The van der Waals surface area contributed by atoms with Crippen molar-refractivity contribution in [1.82, 2.24) is 10.2 Å². The Hall–Kier alpha value is -2.17. The third kappa shape index (κ3) is 4.96. The lowest BCUT2D eigenvalue weighted by Gasteiger charge is -2.33. The molecular formula is C23H28N2O2. The number of nitrogens with zero attached hydrogens (tertiary/aromatic N) is 1. The van der Waals surface area contributed by atoms with E-state index in [0.717, 1.165) is 38.2 Å². The lowest BCUT2D eigenvalue weighted by molar-refractivity contribution is -0.121. The third-order valence-corrected chi connectivity index (χ3v) is 5.53. The molecular weight excluding hydrogens is 336 g/mol. The second kappa shape index (κ2) is 8.68. The highest BCUT2D eigenvalue weighted by Crippen LogP contribution is 2.23. The molecule has 1 amide bonds. The van der Waals surface area contributed by atoms with Gasteiger partial charge in [-0.15, -0.1) is 0 Å². The van der Waals surface area contributed by atoms with Crippen molar-refractivity contribution in [3.8, 4) is 0 Å². The van der Waals surface area contributed by atoms with Crippen molar-refractivity contribution in [3.05, 3.63) is 70.8 Å². The maximum Gasteiger partial charge on any atom is 0.224 e. The summed E-state index contributed by atoms with van der Waals surface area (Å²) in [5, 5.41) is 3.06. The summed E-state index contributed by atoms with van der Waals surface area (Å²) in [7, 11) is 0. The minimum atomic E-state index is 0.0615. The number of nitrogens with one attached hydrogen (secondary N) is 1. The Morgan fingerprint density at radius 2 is 1.93 bits per heavy atom. The van der Waals surface area contributed by atoms with Crippen LogP contribution in [0.3, 0.4) is 0 Å². The lowest BCUT2D eigenvalue weighted by Crippen LogP contribution is -2.47. The quantitative estimate of drug-likeness (QED) is 0.857. The van der Waals surface area contributed by atoms with Crippen LogP contribution in [0.4, 0.5) is 0 Å². The highest BCUT2D eigenvalue weighted by Gasteiger charge is 2.21. The number of ether oxygens (including phenoxy) is 1. The van der Waals surface area contributed by atoms with Crippen LogP contribution in [0.15, 0.2) is 48.5 Å². The van der Waals surface area contributed by atoms with E-state index in [-0.39, 0.29) is 12.0 Å². The minimum absolute atomic E-state index is 0.0615. The molecule has 27 heavy (non-hydrogen) atoms. The Labute approximate surface area is 161 Å². The number of morpholine rings is 1. The largest absolute Gasteiger partial charge is 0.374 e. The highest BCUT2D eigenvalue weighted by atomic mass is 16.5. The highest BCUT2D eigenvalue weighted by molar-refractivity contribution is 5.78. The average Bonchev–Trinajstić information content (AvgIpc) is 3.15. The second-order valence-electron chi connectivity index (χ2n) is 7.65. The van der Waals surface area contributed by atoms with Crippen LogP contribution in [-0.4, -0.2) is 43.2 Å².